The van der Waals surface area contributed by atoms with Gasteiger partial charge >= 0.3 is 0 Å². The molecule has 75 valence electrons. The van der Waals surface area contributed by atoms with Crippen molar-refractivity contribution in [1.29, 1.82) is 5.26 Å². The van der Waals surface area contributed by atoms with E-state index in [2.05, 4.69) is 0 Å². The lowest BCUT2D eigenvalue weighted by Gasteiger charge is -2.00. The Morgan fingerprint density at radius 2 is 2.13 bits per heavy atom. The average Bonchev–Trinajstić information content (AvgIpc) is 3.00. The van der Waals surface area contributed by atoms with Crippen molar-refractivity contribution in [3.05, 3.63) is 39.7 Å². The van der Waals surface area contributed by atoms with Crippen molar-refractivity contribution in [3.8, 4) is 6.07 Å². The van der Waals surface area contributed by atoms with Crippen LogP contribution in [0.5, 0.6) is 0 Å². The highest BCUT2D eigenvalue weighted by Gasteiger charge is 2.44. The maximum Gasteiger partial charge on any atom is 0.171 e. The molecular weight excluding hydrogens is 233 g/mol. The normalized spacial score (nSPS) is 19.7. The van der Waals surface area contributed by atoms with Crippen molar-refractivity contribution >= 4 is 29.0 Å². The maximum atomic E-state index is 11.7. The minimum absolute atomic E-state index is 0.0971. The number of carbonyl (C=O) groups is 1. The van der Waals surface area contributed by atoms with E-state index in [1.54, 1.807) is 12.1 Å². The summed E-state index contributed by atoms with van der Waals surface area (Å²) in [6, 6.07) is 6.79. The zero-order valence-electron chi connectivity index (χ0n) is 7.63. The van der Waals surface area contributed by atoms with Gasteiger partial charge in [0, 0.05) is 5.56 Å². The van der Waals surface area contributed by atoms with Crippen molar-refractivity contribution in [2.75, 3.05) is 0 Å². The summed E-state index contributed by atoms with van der Waals surface area (Å²) in [5.74, 6) is 0.364. The number of hydrogen-bond donors (Lipinski definition) is 0. The predicted molar refractivity (Wildman–Crippen MR) is 57.8 cm³/mol. The first-order valence-electron chi connectivity index (χ1n) is 4.38. The van der Waals surface area contributed by atoms with E-state index in [4.69, 9.17) is 28.5 Å². The number of carbonyl (C=O) groups excluding carboxylic acids is 1. The van der Waals surface area contributed by atoms with Crippen LogP contribution < -0.4 is 0 Å². The molecule has 1 aliphatic carbocycles. The van der Waals surface area contributed by atoms with Gasteiger partial charge in [0.05, 0.1) is 28.0 Å². The molecule has 0 bridgehead atoms. The molecule has 1 saturated carbocycles. The van der Waals surface area contributed by atoms with Crippen LogP contribution in [0, 0.1) is 23.2 Å². The number of hydrogen-bond acceptors (Lipinski definition) is 2. The summed E-state index contributed by atoms with van der Waals surface area (Å²) in [4.78, 5) is 11.7. The van der Waals surface area contributed by atoms with Gasteiger partial charge in [-0.25, -0.2) is 0 Å². The molecule has 0 aromatic heterocycles. The van der Waals surface area contributed by atoms with Gasteiger partial charge < -0.3 is 0 Å². The Morgan fingerprint density at radius 3 is 2.67 bits per heavy atom. The van der Waals surface area contributed by atoms with E-state index in [-0.39, 0.29) is 11.7 Å². The van der Waals surface area contributed by atoms with Crippen molar-refractivity contribution < 1.29 is 4.79 Å². The summed E-state index contributed by atoms with van der Waals surface area (Å²) < 4.78 is 0. The Hall–Kier alpha value is -1.04. The molecule has 2 rings (SSSR count). The van der Waals surface area contributed by atoms with E-state index in [0.717, 1.165) is 0 Å². The molecule has 0 heterocycles. The Bertz CT molecular complexity index is 464. The van der Waals surface area contributed by atoms with Crippen LogP contribution in [-0.4, -0.2) is 5.78 Å². The van der Waals surface area contributed by atoms with Crippen molar-refractivity contribution in [3.63, 3.8) is 0 Å². The summed E-state index contributed by atoms with van der Waals surface area (Å²) in [6.45, 7) is 0. The van der Waals surface area contributed by atoms with E-state index in [9.17, 15) is 4.79 Å². The maximum absolute atomic E-state index is 11.7. The Balaban J connectivity index is 2.21. The van der Waals surface area contributed by atoms with E-state index in [1.165, 1.54) is 6.07 Å². The minimum atomic E-state index is -0.202. The van der Waals surface area contributed by atoms with Gasteiger partial charge in [-0.15, -0.1) is 0 Å². The summed E-state index contributed by atoms with van der Waals surface area (Å²) >= 11 is 11.5. The highest BCUT2D eigenvalue weighted by molar-refractivity contribution is 6.42. The molecule has 1 aromatic carbocycles. The lowest BCUT2D eigenvalue weighted by molar-refractivity contribution is 0.102. The zero-order chi connectivity index (χ0) is 11.0. The molecule has 15 heavy (non-hydrogen) atoms. The Labute approximate surface area is 97.4 Å². The second-order valence-electron chi connectivity index (χ2n) is 3.37. The quantitative estimate of drug-likeness (QED) is 0.743. The first-order chi connectivity index (χ1) is 7.13. The number of benzene rings is 1. The lowest BCUT2D eigenvalue weighted by Crippen LogP contribution is -2.01. The van der Waals surface area contributed by atoms with Crippen LogP contribution >= 0.6 is 23.2 Å². The molecule has 0 saturated heterocycles. The van der Waals surface area contributed by atoms with Crippen LogP contribution in [0.2, 0.25) is 10.0 Å². The summed E-state index contributed by atoms with van der Waals surface area (Å²) in [5.41, 5.74) is 0.497. The van der Waals surface area contributed by atoms with Crippen molar-refractivity contribution in [1.82, 2.24) is 0 Å². The summed E-state index contributed by atoms with van der Waals surface area (Å²) in [7, 11) is 0. The standard InChI is InChI=1S/C11H6Cl2NO/c12-9-2-1-6(4-10(9)13)11(15)8-3-7(8)5-14/h1-2,4,7H,3H2. The zero-order valence-corrected chi connectivity index (χ0v) is 9.14. The molecule has 1 unspecified atom stereocenters. The second kappa shape index (κ2) is 3.84. The average molecular weight is 239 g/mol. The van der Waals surface area contributed by atoms with Gasteiger partial charge in [-0.2, -0.15) is 5.26 Å². The highest BCUT2D eigenvalue weighted by Crippen LogP contribution is 2.43. The molecule has 1 aromatic rings. The predicted octanol–water partition coefficient (Wildman–Crippen LogP) is 3.29. The fourth-order valence-corrected chi connectivity index (χ4v) is 1.66. The van der Waals surface area contributed by atoms with Crippen LogP contribution in [-0.2, 0) is 0 Å². The van der Waals surface area contributed by atoms with Gasteiger partial charge in [0.25, 0.3) is 0 Å². The third kappa shape index (κ3) is 1.99. The third-order valence-electron chi connectivity index (χ3n) is 2.31. The SMILES string of the molecule is N#CC1C[C]1C(=O)c1ccc(Cl)c(Cl)c1. The van der Waals surface area contributed by atoms with Crippen LogP contribution in [0.3, 0.4) is 0 Å². The molecule has 2 nitrogen and oxygen atoms in total. The number of Topliss-reactive ketones (excluding diaryl/α,β-unsaturated/α-hetero) is 1. The molecule has 0 N–H and O–H groups in total. The van der Waals surface area contributed by atoms with E-state index >= 15 is 0 Å². The molecule has 0 aliphatic heterocycles. The van der Waals surface area contributed by atoms with Gasteiger partial charge in [0.1, 0.15) is 0 Å². The summed E-state index contributed by atoms with van der Waals surface area (Å²) in [5, 5.41) is 9.38. The third-order valence-corrected chi connectivity index (χ3v) is 3.05. The fraction of sp³-hybridized carbons (Fsp3) is 0.182. The van der Waals surface area contributed by atoms with Gasteiger partial charge in [-0.05, 0) is 24.6 Å². The van der Waals surface area contributed by atoms with Crippen LogP contribution in [0.25, 0.3) is 0 Å². The molecule has 1 aliphatic rings. The molecule has 0 spiro atoms. The molecule has 0 amide bonds. The summed E-state index contributed by atoms with van der Waals surface area (Å²) in [6.07, 6.45) is 0.579. The number of halogens is 2. The highest BCUT2D eigenvalue weighted by atomic mass is 35.5. The van der Waals surface area contributed by atoms with Crippen LogP contribution in [0.4, 0.5) is 0 Å². The lowest BCUT2D eigenvalue weighted by atomic mass is 10.1. The number of nitrogens with zero attached hydrogens (tertiary/aromatic N) is 1. The smallest absolute Gasteiger partial charge is 0.171 e. The van der Waals surface area contributed by atoms with E-state index < -0.39 is 0 Å². The Morgan fingerprint density at radius 1 is 1.40 bits per heavy atom. The number of nitriles is 1. The molecule has 1 atom stereocenters. The van der Waals surface area contributed by atoms with E-state index in [0.29, 0.717) is 27.9 Å². The monoisotopic (exact) mass is 238 g/mol. The molecule has 1 radical (unpaired) electrons. The van der Waals surface area contributed by atoms with Gasteiger partial charge in [0.15, 0.2) is 5.78 Å². The van der Waals surface area contributed by atoms with Gasteiger partial charge in [-0.1, -0.05) is 23.2 Å². The fourth-order valence-electron chi connectivity index (χ4n) is 1.36. The Kier molecular flexibility index (Phi) is 2.68. The van der Waals surface area contributed by atoms with Crippen molar-refractivity contribution in [2.45, 2.75) is 6.42 Å². The number of rotatable bonds is 2. The van der Waals surface area contributed by atoms with Crippen molar-refractivity contribution in [2.24, 2.45) is 5.92 Å². The first kappa shape index (κ1) is 10.5. The van der Waals surface area contributed by atoms with E-state index in [1.807, 2.05) is 6.07 Å². The van der Waals surface area contributed by atoms with Crippen LogP contribution in [0.15, 0.2) is 18.2 Å². The van der Waals surface area contributed by atoms with Gasteiger partial charge in [-0.3, -0.25) is 4.79 Å². The molecule has 4 heteroatoms. The van der Waals surface area contributed by atoms with Crippen LogP contribution in [0.1, 0.15) is 16.8 Å². The molecular formula is C11H6Cl2NO. The van der Waals surface area contributed by atoms with Gasteiger partial charge in [0.2, 0.25) is 0 Å². The largest absolute Gasteiger partial charge is 0.293 e. The first-order valence-corrected chi connectivity index (χ1v) is 5.14. The second-order valence-corrected chi connectivity index (χ2v) is 4.18. The minimum Gasteiger partial charge on any atom is -0.293 e. The topological polar surface area (TPSA) is 40.9 Å². The number of ketones is 1. The molecule has 1 fully saturated rings.